The van der Waals surface area contributed by atoms with Gasteiger partial charge in [-0.15, -0.1) is 0 Å². The zero-order valence-electron chi connectivity index (χ0n) is 15.2. The first kappa shape index (κ1) is 19.2. The molecule has 1 aromatic rings. The number of benzene rings is 1. The predicted octanol–water partition coefficient (Wildman–Crippen LogP) is 2.83. The van der Waals surface area contributed by atoms with Gasteiger partial charge < -0.3 is 10.6 Å². The molecule has 5 heteroatoms. The minimum Gasteiger partial charge on any atom is -0.352 e. The van der Waals surface area contributed by atoms with Crippen LogP contribution in [0.3, 0.4) is 0 Å². The van der Waals surface area contributed by atoms with Crippen LogP contribution < -0.4 is 10.6 Å². The van der Waals surface area contributed by atoms with Crippen LogP contribution in [0.15, 0.2) is 18.2 Å². The molecule has 0 aliphatic heterocycles. The van der Waals surface area contributed by atoms with Gasteiger partial charge in [0, 0.05) is 24.4 Å². The van der Waals surface area contributed by atoms with Crippen molar-refractivity contribution in [3.05, 3.63) is 34.9 Å². The molecule has 5 nitrogen and oxygen atoms in total. The molecule has 0 aromatic heterocycles. The van der Waals surface area contributed by atoms with Gasteiger partial charge in [0.05, 0.1) is 6.54 Å². The van der Waals surface area contributed by atoms with Gasteiger partial charge in [0.1, 0.15) is 0 Å². The second-order valence-corrected chi connectivity index (χ2v) is 6.90. The Hall–Kier alpha value is -2.17. The molecule has 0 atom stereocenters. The Balaban J connectivity index is 1.68. The van der Waals surface area contributed by atoms with Crippen LogP contribution >= 0.6 is 0 Å². The molecular formula is C20H28N2O3. The first-order valence-corrected chi connectivity index (χ1v) is 9.12. The highest BCUT2D eigenvalue weighted by molar-refractivity contribution is 5.98. The van der Waals surface area contributed by atoms with Gasteiger partial charge in [-0.2, -0.15) is 0 Å². The SMILES string of the molecule is Cc1ccc(C(=O)CCC(=O)NCC(=O)NC2CCCCC2)cc1C. The Morgan fingerprint density at radius 3 is 2.36 bits per heavy atom. The third-order valence-electron chi connectivity index (χ3n) is 4.82. The van der Waals surface area contributed by atoms with E-state index in [9.17, 15) is 14.4 Å². The molecule has 25 heavy (non-hydrogen) atoms. The molecule has 1 fully saturated rings. The van der Waals surface area contributed by atoms with Crippen molar-refractivity contribution in [3.63, 3.8) is 0 Å². The maximum atomic E-state index is 12.2. The molecule has 1 aliphatic carbocycles. The Bertz CT molecular complexity index is 634. The monoisotopic (exact) mass is 344 g/mol. The number of hydrogen-bond donors (Lipinski definition) is 2. The molecule has 0 unspecified atom stereocenters. The summed E-state index contributed by atoms with van der Waals surface area (Å²) < 4.78 is 0. The summed E-state index contributed by atoms with van der Waals surface area (Å²) in [6.07, 6.45) is 5.82. The van der Waals surface area contributed by atoms with Crippen LogP contribution in [0.25, 0.3) is 0 Å². The van der Waals surface area contributed by atoms with E-state index in [1.165, 1.54) is 6.42 Å². The summed E-state index contributed by atoms with van der Waals surface area (Å²) in [5.74, 6) is -0.471. The van der Waals surface area contributed by atoms with Gasteiger partial charge >= 0.3 is 0 Å². The number of rotatable bonds is 7. The molecular weight excluding hydrogens is 316 g/mol. The average Bonchev–Trinajstić information content (AvgIpc) is 2.61. The van der Waals surface area contributed by atoms with Crippen molar-refractivity contribution in [2.45, 2.75) is 64.8 Å². The van der Waals surface area contributed by atoms with Crippen LogP contribution in [0, 0.1) is 13.8 Å². The molecule has 2 amide bonds. The lowest BCUT2D eigenvalue weighted by Gasteiger charge is -2.22. The number of hydrogen-bond acceptors (Lipinski definition) is 3. The van der Waals surface area contributed by atoms with Crippen LogP contribution in [0.4, 0.5) is 0 Å². The summed E-state index contributed by atoms with van der Waals surface area (Å²) in [6, 6.07) is 5.80. The predicted molar refractivity (Wildman–Crippen MR) is 97.5 cm³/mol. The van der Waals surface area contributed by atoms with Gasteiger partial charge in [0.25, 0.3) is 0 Å². The minimum absolute atomic E-state index is 0.0207. The van der Waals surface area contributed by atoms with Gasteiger partial charge in [0.15, 0.2) is 5.78 Å². The van der Waals surface area contributed by atoms with Gasteiger partial charge in [0.2, 0.25) is 11.8 Å². The Morgan fingerprint density at radius 2 is 1.68 bits per heavy atom. The standard InChI is InChI=1S/C20H28N2O3/c1-14-8-9-16(12-15(14)2)18(23)10-11-19(24)21-13-20(25)22-17-6-4-3-5-7-17/h8-9,12,17H,3-7,10-11,13H2,1-2H3,(H,21,24)(H,22,25). The van der Waals surface area contributed by atoms with E-state index < -0.39 is 0 Å². The molecule has 1 saturated carbocycles. The number of amides is 2. The average molecular weight is 344 g/mol. The van der Waals surface area contributed by atoms with E-state index in [4.69, 9.17) is 0 Å². The second kappa shape index (κ2) is 9.35. The quantitative estimate of drug-likeness (QED) is 0.747. The molecule has 2 N–H and O–H groups in total. The maximum absolute atomic E-state index is 12.2. The summed E-state index contributed by atoms with van der Waals surface area (Å²) in [6.45, 7) is 3.94. The molecule has 2 rings (SSSR count). The fourth-order valence-corrected chi connectivity index (χ4v) is 3.08. The molecule has 1 aliphatic rings. The number of carbonyl (C=O) groups is 3. The lowest BCUT2D eigenvalue weighted by Crippen LogP contribution is -2.42. The van der Waals surface area contributed by atoms with Crippen LogP contribution in [-0.4, -0.2) is 30.2 Å². The number of nitrogens with one attached hydrogen (secondary N) is 2. The van der Waals surface area contributed by atoms with E-state index in [-0.39, 0.29) is 43.0 Å². The number of Topliss-reactive ketones (excluding diaryl/α,β-unsaturated/α-hetero) is 1. The van der Waals surface area contributed by atoms with E-state index in [2.05, 4.69) is 10.6 Å². The van der Waals surface area contributed by atoms with Crippen LogP contribution in [0.2, 0.25) is 0 Å². The Labute approximate surface area is 149 Å². The molecule has 0 heterocycles. The highest BCUT2D eigenvalue weighted by Gasteiger charge is 2.16. The van der Waals surface area contributed by atoms with Gasteiger partial charge in [-0.25, -0.2) is 0 Å². The van der Waals surface area contributed by atoms with Crippen molar-refractivity contribution in [2.75, 3.05) is 6.54 Å². The Morgan fingerprint density at radius 1 is 0.960 bits per heavy atom. The van der Waals surface area contributed by atoms with Crippen LogP contribution in [0.1, 0.15) is 66.4 Å². The van der Waals surface area contributed by atoms with Crippen LogP contribution in [0.5, 0.6) is 0 Å². The lowest BCUT2D eigenvalue weighted by atomic mass is 9.95. The molecule has 0 saturated heterocycles. The van der Waals surface area contributed by atoms with E-state index in [1.807, 2.05) is 26.0 Å². The van der Waals surface area contributed by atoms with Crippen molar-refractivity contribution >= 4 is 17.6 Å². The second-order valence-electron chi connectivity index (χ2n) is 6.90. The highest BCUT2D eigenvalue weighted by Crippen LogP contribution is 2.17. The summed E-state index contributed by atoms with van der Waals surface area (Å²) >= 11 is 0. The van der Waals surface area contributed by atoms with Gasteiger partial charge in [-0.3, -0.25) is 14.4 Å². The zero-order valence-corrected chi connectivity index (χ0v) is 15.2. The van der Waals surface area contributed by atoms with E-state index in [1.54, 1.807) is 6.07 Å². The molecule has 0 radical (unpaired) electrons. The first-order chi connectivity index (χ1) is 12.0. The summed E-state index contributed by atoms with van der Waals surface area (Å²) in [5, 5.41) is 5.55. The molecule has 0 bridgehead atoms. The van der Waals surface area contributed by atoms with Crippen molar-refractivity contribution in [2.24, 2.45) is 0 Å². The van der Waals surface area contributed by atoms with Crippen LogP contribution in [-0.2, 0) is 9.59 Å². The largest absolute Gasteiger partial charge is 0.352 e. The van der Waals surface area contributed by atoms with Gasteiger partial charge in [-0.05, 0) is 43.9 Å². The third kappa shape index (κ3) is 6.33. The summed E-state index contributed by atoms with van der Waals surface area (Å²) in [4.78, 5) is 35.9. The first-order valence-electron chi connectivity index (χ1n) is 9.12. The molecule has 136 valence electrons. The van der Waals surface area contributed by atoms with E-state index >= 15 is 0 Å². The van der Waals surface area contributed by atoms with E-state index in [0.29, 0.717) is 5.56 Å². The molecule has 1 aromatic carbocycles. The topological polar surface area (TPSA) is 75.3 Å². The number of carbonyl (C=O) groups excluding carboxylic acids is 3. The Kier molecular flexibility index (Phi) is 7.16. The minimum atomic E-state index is -0.268. The lowest BCUT2D eigenvalue weighted by molar-refractivity contribution is -0.126. The van der Waals surface area contributed by atoms with Crippen molar-refractivity contribution in [1.29, 1.82) is 0 Å². The van der Waals surface area contributed by atoms with Crippen molar-refractivity contribution < 1.29 is 14.4 Å². The number of aryl methyl sites for hydroxylation is 2. The maximum Gasteiger partial charge on any atom is 0.239 e. The number of ketones is 1. The molecule has 0 spiro atoms. The van der Waals surface area contributed by atoms with Crippen molar-refractivity contribution in [1.82, 2.24) is 10.6 Å². The van der Waals surface area contributed by atoms with E-state index in [0.717, 1.165) is 36.8 Å². The summed E-state index contributed by atoms with van der Waals surface area (Å²) in [7, 11) is 0. The highest BCUT2D eigenvalue weighted by atomic mass is 16.2. The van der Waals surface area contributed by atoms with Crippen molar-refractivity contribution in [3.8, 4) is 0 Å². The zero-order chi connectivity index (χ0) is 18.2. The summed E-state index contributed by atoms with van der Waals surface area (Å²) in [5.41, 5.74) is 2.83. The third-order valence-corrected chi connectivity index (χ3v) is 4.82. The fourth-order valence-electron chi connectivity index (χ4n) is 3.08. The smallest absolute Gasteiger partial charge is 0.239 e. The van der Waals surface area contributed by atoms with Gasteiger partial charge in [-0.1, -0.05) is 31.4 Å². The normalized spacial score (nSPS) is 14.8. The fraction of sp³-hybridized carbons (Fsp3) is 0.550.